The van der Waals surface area contributed by atoms with Gasteiger partial charge >= 0.3 is 0 Å². The maximum absolute atomic E-state index is 15.9. The summed E-state index contributed by atoms with van der Waals surface area (Å²) in [6, 6.07) is 61.6. The molecule has 0 bridgehead atoms. The van der Waals surface area contributed by atoms with E-state index in [2.05, 4.69) is 121 Å². The molecule has 7 aromatic carbocycles. The summed E-state index contributed by atoms with van der Waals surface area (Å²) in [6.45, 7) is 0. The quantitative estimate of drug-likeness (QED) is 0.191. The minimum absolute atomic E-state index is 0.500. The van der Waals surface area contributed by atoms with Crippen LogP contribution in [-0.4, -0.2) is 4.21 Å². The van der Waals surface area contributed by atoms with E-state index in [9.17, 15) is 0 Å². The van der Waals surface area contributed by atoms with E-state index in [0.717, 1.165) is 32.9 Å². The van der Waals surface area contributed by atoms with Gasteiger partial charge in [0.15, 0.2) is 0 Å². The average Bonchev–Trinajstić information content (AvgIpc) is 3.62. The van der Waals surface area contributed by atoms with Gasteiger partial charge in [0.05, 0.1) is 20.9 Å². The van der Waals surface area contributed by atoms with Crippen LogP contribution in [0.1, 0.15) is 38.9 Å². The monoisotopic (exact) mass is 631 g/mol. The summed E-state index contributed by atoms with van der Waals surface area (Å²) in [4.78, 5) is 1.46. The molecule has 0 fully saturated rings. The van der Waals surface area contributed by atoms with Gasteiger partial charge in [0.1, 0.15) is 9.73 Å². The summed E-state index contributed by atoms with van der Waals surface area (Å²) in [7, 11) is -3.11. The Kier molecular flexibility index (Phi) is 5.76. The molecule has 226 valence electrons. The second-order valence-electron chi connectivity index (χ2n) is 12.7. The molecule has 0 amide bonds. The van der Waals surface area contributed by atoms with Gasteiger partial charge in [0.25, 0.3) is 0 Å². The fraction of sp³-hybridized carbons (Fsp3) is 0.0222. The Morgan fingerprint density at radius 3 is 1.50 bits per heavy atom. The highest BCUT2D eigenvalue weighted by Crippen LogP contribution is 2.63. The standard InChI is InChI=1S/C45H29NOS/c47-48(32-17-5-2-6-18-32)44(43(30-15-3-1-4-16-30)37-22-10-14-26-42(37)46-48)31-27-28-36-35-21-9-13-25-40(35)45(41(36)29-31)38-23-11-7-19-33(38)34-20-8-12-24-39(34)45/h1-29H. The molecular formula is C45H29NOS. The third-order valence-corrected chi connectivity index (χ3v) is 12.6. The Labute approximate surface area is 280 Å². The first kappa shape index (κ1) is 27.4. The summed E-state index contributed by atoms with van der Waals surface area (Å²) in [5.74, 6) is 0. The molecule has 0 radical (unpaired) electrons. The molecule has 2 aliphatic carbocycles. The van der Waals surface area contributed by atoms with Crippen molar-refractivity contribution >= 4 is 25.9 Å². The zero-order chi connectivity index (χ0) is 31.9. The Bertz CT molecular complexity index is 2550. The van der Waals surface area contributed by atoms with Crippen LogP contribution < -0.4 is 0 Å². The zero-order valence-corrected chi connectivity index (χ0v) is 26.8. The van der Waals surface area contributed by atoms with Gasteiger partial charge in [-0.25, -0.2) is 4.21 Å². The molecule has 3 aliphatic rings. The van der Waals surface area contributed by atoms with Crippen molar-refractivity contribution in [2.75, 3.05) is 0 Å². The van der Waals surface area contributed by atoms with Crippen molar-refractivity contribution in [3.63, 3.8) is 0 Å². The molecule has 7 aromatic rings. The Hall–Kier alpha value is -5.77. The van der Waals surface area contributed by atoms with Crippen LogP contribution in [0.2, 0.25) is 0 Å². The van der Waals surface area contributed by atoms with E-state index in [4.69, 9.17) is 4.36 Å². The van der Waals surface area contributed by atoms with E-state index in [1.165, 1.54) is 44.5 Å². The molecule has 2 nitrogen and oxygen atoms in total. The lowest BCUT2D eigenvalue weighted by atomic mass is 9.70. The van der Waals surface area contributed by atoms with Crippen LogP contribution in [0.3, 0.4) is 0 Å². The molecule has 1 aliphatic heterocycles. The fourth-order valence-corrected chi connectivity index (χ4v) is 10.8. The zero-order valence-electron chi connectivity index (χ0n) is 26.0. The predicted octanol–water partition coefficient (Wildman–Crippen LogP) is 11.1. The smallest absolute Gasteiger partial charge is 0.110 e. The van der Waals surface area contributed by atoms with Crippen LogP contribution in [0.4, 0.5) is 5.69 Å². The van der Waals surface area contributed by atoms with Crippen LogP contribution in [0.15, 0.2) is 185 Å². The van der Waals surface area contributed by atoms with Crippen LogP contribution in [0, 0.1) is 0 Å². The number of hydrogen-bond donors (Lipinski definition) is 0. The minimum atomic E-state index is -3.11. The lowest BCUT2D eigenvalue weighted by Gasteiger charge is -2.31. The van der Waals surface area contributed by atoms with E-state index >= 15 is 4.21 Å². The lowest BCUT2D eigenvalue weighted by Crippen LogP contribution is -2.26. The minimum Gasteiger partial charge on any atom is -0.239 e. The van der Waals surface area contributed by atoms with Gasteiger partial charge in [0.2, 0.25) is 0 Å². The first-order valence-electron chi connectivity index (χ1n) is 16.3. The van der Waals surface area contributed by atoms with Crippen molar-refractivity contribution in [2.45, 2.75) is 10.3 Å². The lowest BCUT2D eigenvalue weighted by molar-refractivity contribution is 0.683. The highest BCUT2D eigenvalue weighted by atomic mass is 32.2. The normalized spacial score (nSPS) is 17.6. The van der Waals surface area contributed by atoms with Crippen LogP contribution >= 0.6 is 0 Å². The third-order valence-electron chi connectivity index (χ3n) is 10.3. The molecule has 0 saturated heterocycles. The molecule has 0 aromatic heterocycles. The molecule has 3 heteroatoms. The number of benzene rings is 7. The van der Waals surface area contributed by atoms with E-state index in [1.54, 1.807) is 0 Å². The molecule has 1 heterocycles. The van der Waals surface area contributed by atoms with Crippen molar-refractivity contribution in [2.24, 2.45) is 4.36 Å². The van der Waals surface area contributed by atoms with Gasteiger partial charge < -0.3 is 0 Å². The third kappa shape index (κ3) is 3.54. The number of nitrogens with zero attached hydrogens (tertiary/aromatic N) is 1. The molecule has 1 spiro atoms. The number of rotatable bonds is 3. The van der Waals surface area contributed by atoms with Gasteiger partial charge in [-0.2, -0.15) is 4.36 Å². The van der Waals surface area contributed by atoms with Gasteiger partial charge in [-0.15, -0.1) is 0 Å². The highest BCUT2D eigenvalue weighted by Gasteiger charge is 2.51. The number of hydrogen-bond acceptors (Lipinski definition) is 2. The van der Waals surface area contributed by atoms with Crippen molar-refractivity contribution in [1.29, 1.82) is 0 Å². The summed E-state index contributed by atoms with van der Waals surface area (Å²) in [5, 5.41) is 0. The van der Waals surface area contributed by atoms with Crippen molar-refractivity contribution < 1.29 is 4.21 Å². The molecular weight excluding hydrogens is 603 g/mol. The SMILES string of the molecule is O=S1(c2ccccc2)=Nc2ccccc2C(c2ccccc2)=C1c1ccc2c(c1)C1(c3ccccc3-c3ccccc31)c1ccccc1-2. The van der Waals surface area contributed by atoms with Crippen molar-refractivity contribution in [3.8, 4) is 22.3 Å². The Balaban J connectivity index is 1.35. The first-order valence-corrected chi connectivity index (χ1v) is 17.9. The van der Waals surface area contributed by atoms with Crippen molar-refractivity contribution in [3.05, 3.63) is 215 Å². The topological polar surface area (TPSA) is 29.4 Å². The molecule has 48 heavy (non-hydrogen) atoms. The maximum atomic E-state index is 15.9. The van der Waals surface area contributed by atoms with Gasteiger partial charge in [-0.3, -0.25) is 0 Å². The number of fused-ring (bicyclic) bond motifs is 11. The fourth-order valence-electron chi connectivity index (χ4n) is 8.42. The molecule has 0 N–H and O–H groups in total. The first-order chi connectivity index (χ1) is 23.7. The Morgan fingerprint density at radius 2 is 0.896 bits per heavy atom. The summed E-state index contributed by atoms with van der Waals surface area (Å²) < 4.78 is 21.0. The molecule has 1 atom stereocenters. The molecule has 10 rings (SSSR count). The van der Waals surface area contributed by atoms with Gasteiger partial charge in [-0.1, -0.05) is 152 Å². The molecule has 1 unspecified atom stereocenters. The van der Waals surface area contributed by atoms with E-state index in [-0.39, 0.29) is 0 Å². The van der Waals surface area contributed by atoms with Crippen LogP contribution in [0.25, 0.3) is 32.7 Å². The van der Waals surface area contributed by atoms with Gasteiger partial charge in [-0.05, 0) is 79.9 Å². The van der Waals surface area contributed by atoms with Crippen LogP contribution in [0.5, 0.6) is 0 Å². The van der Waals surface area contributed by atoms with Gasteiger partial charge in [0, 0.05) is 11.1 Å². The highest BCUT2D eigenvalue weighted by molar-refractivity contribution is 8.03. The van der Waals surface area contributed by atoms with Crippen molar-refractivity contribution in [1.82, 2.24) is 0 Å². The average molecular weight is 632 g/mol. The summed E-state index contributed by atoms with van der Waals surface area (Å²) in [6.07, 6.45) is 0. The van der Waals surface area contributed by atoms with E-state index in [1.807, 2.05) is 54.6 Å². The Morgan fingerprint density at radius 1 is 0.417 bits per heavy atom. The van der Waals surface area contributed by atoms with Crippen LogP contribution in [-0.2, 0) is 15.1 Å². The largest absolute Gasteiger partial charge is 0.239 e. The summed E-state index contributed by atoms with van der Waals surface area (Å²) in [5.41, 5.74) is 14.2. The maximum Gasteiger partial charge on any atom is 0.110 e. The second kappa shape index (κ2) is 10.1. The predicted molar refractivity (Wildman–Crippen MR) is 196 cm³/mol. The summed E-state index contributed by atoms with van der Waals surface area (Å²) >= 11 is 0. The van der Waals surface area contributed by atoms with E-state index < -0.39 is 15.1 Å². The second-order valence-corrected chi connectivity index (χ2v) is 14.8. The van der Waals surface area contributed by atoms with E-state index in [0.29, 0.717) is 4.90 Å². The molecule has 0 saturated carbocycles.